The van der Waals surface area contributed by atoms with Gasteiger partial charge in [-0.25, -0.2) is 0 Å². The van der Waals surface area contributed by atoms with Crippen molar-refractivity contribution < 1.29 is 9.84 Å². The molecule has 3 nitrogen and oxygen atoms in total. The Hall–Kier alpha value is -1.06. The monoisotopic (exact) mass is 265 g/mol. The van der Waals surface area contributed by atoms with E-state index >= 15 is 0 Å². The van der Waals surface area contributed by atoms with Crippen molar-refractivity contribution in [3.05, 3.63) is 29.8 Å². The maximum Gasteiger partial charge on any atom is 0.119 e. The molecule has 1 aromatic rings. The van der Waals surface area contributed by atoms with Crippen LogP contribution in [0.2, 0.25) is 0 Å². The third-order valence-electron chi connectivity index (χ3n) is 3.46. The SMILES string of the molecule is CCCOc1ccc(C(C)(CO)NC(C)CC)cc1. The zero-order valence-corrected chi connectivity index (χ0v) is 12.6. The zero-order chi connectivity index (χ0) is 14.3. The number of ether oxygens (including phenoxy) is 1. The highest BCUT2D eigenvalue weighted by atomic mass is 16.5. The predicted molar refractivity (Wildman–Crippen MR) is 79.6 cm³/mol. The van der Waals surface area contributed by atoms with Gasteiger partial charge < -0.3 is 15.2 Å². The van der Waals surface area contributed by atoms with Gasteiger partial charge >= 0.3 is 0 Å². The molecule has 0 bridgehead atoms. The second kappa shape index (κ2) is 7.51. The third kappa shape index (κ3) is 4.51. The van der Waals surface area contributed by atoms with Crippen LogP contribution in [-0.2, 0) is 5.54 Å². The van der Waals surface area contributed by atoms with E-state index < -0.39 is 5.54 Å². The van der Waals surface area contributed by atoms with Crippen molar-refractivity contribution in [2.75, 3.05) is 13.2 Å². The number of nitrogens with one attached hydrogen (secondary N) is 1. The van der Waals surface area contributed by atoms with Crippen molar-refractivity contribution in [3.63, 3.8) is 0 Å². The van der Waals surface area contributed by atoms with E-state index in [0.717, 1.165) is 30.8 Å². The summed E-state index contributed by atoms with van der Waals surface area (Å²) in [5.41, 5.74) is 0.678. The summed E-state index contributed by atoms with van der Waals surface area (Å²) in [7, 11) is 0. The lowest BCUT2D eigenvalue weighted by molar-refractivity contribution is 0.162. The maximum absolute atomic E-state index is 9.70. The molecule has 3 heteroatoms. The van der Waals surface area contributed by atoms with Gasteiger partial charge in [0.2, 0.25) is 0 Å². The second-order valence-corrected chi connectivity index (χ2v) is 5.32. The number of aliphatic hydroxyl groups excluding tert-OH is 1. The van der Waals surface area contributed by atoms with Gasteiger partial charge in [-0.2, -0.15) is 0 Å². The first-order chi connectivity index (χ1) is 9.05. The molecule has 19 heavy (non-hydrogen) atoms. The molecule has 2 unspecified atom stereocenters. The topological polar surface area (TPSA) is 41.5 Å². The minimum Gasteiger partial charge on any atom is -0.494 e. The zero-order valence-electron chi connectivity index (χ0n) is 12.6. The lowest BCUT2D eigenvalue weighted by Gasteiger charge is -2.32. The van der Waals surface area contributed by atoms with Crippen molar-refractivity contribution in [3.8, 4) is 5.75 Å². The van der Waals surface area contributed by atoms with Gasteiger partial charge in [0.15, 0.2) is 0 Å². The van der Waals surface area contributed by atoms with Crippen LogP contribution >= 0.6 is 0 Å². The van der Waals surface area contributed by atoms with E-state index in [1.165, 1.54) is 0 Å². The second-order valence-electron chi connectivity index (χ2n) is 5.32. The summed E-state index contributed by atoms with van der Waals surface area (Å²) >= 11 is 0. The Kier molecular flexibility index (Phi) is 6.32. The summed E-state index contributed by atoms with van der Waals surface area (Å²) in [4.78, 5) is 0. The fourth-order valence-electron chi connectivity index (χ4n) is 2.01. The molecule has 0 saturated heterocycles. The Balaban J connectivity index is 2.80. The lowest BCUT2D eigenvalue weighted by atomic mass is 9.91. The van der Waals surface area contributed by atoms with Gasteiger partial charge in [0.1, 0.15) is 5.75 Å². The first-order valence-electron chi connectivity index (χ1n) is 7.17. The van der Waals surface area contributed by atoms with Crippen LogP contribution in [0.4, 0.5) is 0 Å². The Morgan fingerprint density at radius 1 is 1.26 bits per heavy atom. The number of hydrogen-bond donors (Lipinski definition) is 2. The van der Waals surface area contributed by atoms with Crippen molar-refractivity contribution in [2.45, 2.75) is 52.1 Å². The Morgan fingerprint density at radius 2 is 1.89 bits per heavy atom. The fourth-order valence-corrected chi connectivity index (χ4v) is 2.01. The average molecular weight is 265 g/mol. The Bertz CT molecular complexity index is 364. The predicted octanol–water partition coefficient (Wildman–Crippen LogP) is 3.07. The molecule has 1 aromatic carbocycles. The van der Waals surface area contributed by atoms with Gasteiger partial charge in [-0.3, -0.25) is 0 Å². The van der Waals surface area contributed by atoms with Crippen molar-refractivity contribution in [2.24, 2.45) is 0 Å². The summed E-state index contributed by atoms with van der Waals surface area (Å²) in [6.45, 7) is 9.20. The van der Waals surface area contributed by atoms with Gasteiger partial charge in [-0.1, -0.05) is 26.0 Å². The average Bonchev–Trinajstić information content (AvgIpc) is 2.45. The van der Waals surface area contributed by atoms with Crippen LogP contribution in [0.1, 0.15) is 46.1 Å². The van der Waals surface area contributed by atoms with E-state index in [1.54, 1.807) is 0 Å². The van der Waals surface area contributed by atoms with E-state index in [1.807, 2.05) is 31.2 Å². The van der Waals surface area contributed by atoms with Gasteiger partial charge in [-0.05, 0) is 44.4 Å². The van der Waals surface area contributed by atoms with E-state index in [2.05, 4.69) is 26.1 Å². The van der Waals surface area contributed by atoms with Crippen LogP contribution in [0.5, 0.6) is 5.75 Å². The highest BCUT2D eigenvalue weighted by Crippen LogP contribution is 2.24. The number of aliphatic hydroxyl groups is 1. The largest absolute Gasteiger partial charge is 0.494 e. The van der Waals surface area contributed by atoms with Crippen LogP contribution in [-0.4, -0.2) is 24.4 Å². The van der Waals surface area contributed by atoms with Crippen LogP contribution in [0.3, 0.4) is 0 Å². The molecule has 0 aliphatic heterocycles. The summed E-state index contributed by atoms with van der Waals surface area (Å²) in [6, 6.07) is 8.36. The highest BCUT2D eigenvalue weighted by Gasteiger charge is 2.26. The molecule has 0 aromatic heterocycles. The number of rotatable bonds is 8. The minimum atomic E-state index is -0.404. The molecule has 0 aliphatic carbocycles. The smallest absolute Gasteiger partial charge is 0.119 e. The molecule has 2 atom stereocenters. The van der Waals surface area contributed by atoms with Gasteiger partial charge in [0.05, 0.1) is 18.8 Å². The number of hydrogen-bond acceptors (Lipinski definition) is 3. The molecule has 0 spiro atoms. The maximum atomic E-state index is 9.70. The molecule has 0 fully saturated rings. The molecule has 0 heterocycles. The molecule has 0 amide bonds. The van der Waals surface area contributed by atoms with E-state index in [-0.39, 0.29) is 6.61 Å². The Morgan fingerprint density at radius 3 is 2.37 bits per heavy atom. The summed E-state index contributed by atoms with van der Waals surface area (Å²) < 4.78 is 5.58. The van der Waals surface area contributed by atoms with Crippen LogP contribution < -0.4 is 10.1 Å². The van der Waals surface area contributed by atoms with Gasteiger partial charge in [0.25, 0.3) is 0 Å². The molecule has 1 rings (SSSR count). The van der Waals surface area contributed by atoms with Crippen molar-refractivity contribution in [1.29, 1.82) is 0 Å². The molecule has 0 aliphatic rings. The van der Waals surface area contributed by atoms with E-state index in [9.17, 15) is 5.11 Å². The molecular weight excluding hydrogens is 238 g/mol. The van der Waals surface area contributed by atoms with Gasteiger partial charge in [0, 0.05) is 6.04 Å². The minimum absolute atomic E-state index is 0.0759. The standard InChI is InChI=1S/C16H27NO2/c1-5-11-19-15-9-7-14(8-10-15)16(4,12-18)17-13(3)6-2/h7-10,13,17-18H,5-6,11-12H2,1-4H3. The molecule has 2 N–H and O–H groups in total. The first kappa shape index (κ1) is 16.0. The molecular formula is C16H27NO2. The summed E-state index contributed by atoms with van der Waals surface area (Å²) in [5.74, 6) is 0.884. The van der Waals surface area contributed by atoms with E-state index in [0.29, 0.717) is 6.04 Å². The Labute approximate surface area is 117 Å². The molecule has 0 saturated carbocycles. The van der Waals surface area contributed by atoms with Crippen molar-refractivity contribution in [1.82, 2.24) is 5.32 Å². The third-order valence-corrected chi connectivity index (χ3v) is 3.46. The molecule has 0 radical (unpaired) electrons. The van der Waals surface area contributed by atoms with Crippen LogP contribution in [0.25, 0.3) is 0 Å². The first-order valence-corrected chi connectivity index (χ1v) is 7.17. The summed E-state index contributed by atoms with van der Waals surface area (Å²) in [5, 5.41) is 13.2. The van der Waals surface area contributed by atoms with Gasteiger partial charge in [-0.15, -0.1) is 0 Å². The lowest BCUT2D eigenvalue weighted by Crippen LogP contribution is -2.47. The summed E-state index contributed by atoms with van der Waals surface area (Å²) in [6.07, 6.45) is 2.04. The van der Waals surface area contributed by atoms with Crippen LogP contribution in [0, 0.1) is 0 Å². The van der Waals surface area contributed by atoms with Crippen LogP contribution in [0.15, 0.2) is 24.3 Å². The molecule has 108 valence electrons. The highest BCUT2D eigenvalue weighted by molar-refractivity contribution is 5.31. The quantitative estimate of drug-likeness (QED) is 0.759. The number of benzene rings is 1. The normalized spacial score (nSPS) is 15.8. The van der Waals surface area contributed by atoms with Crippen molar-refractivity contribution >= 4 is 0 Å². The fraction of sp³-hybridized carbons (Fsp3) is 0.625. The van der Waals surface area contributed by atoms with E-state index in [4.69, 9.17) is 4.74 Å².